The molecule has 1 unspecified atom stereocenters. The van der Waals surface area contributed by atoms with Gasteiger partial charge in [0.1, 0.15) is 0 Å². The van der Waals surface area contributed by atoms with Gasteiger partial charge in [-0.25, -0.2) is 4.98 Å². The lowest BCUT2D eigenvalue weighted by Crippen LogP contribution is -2.43. The van der Waals surface area contributed by atoms with Crippen molar-refractivity contribution in [3.63, 3.8) is 0 Å². The summed E-state index contributed by atoms with van der Waals surface area (Å²) >= 11 is 3.61. The lowest BCUT2D eigenvalue weighted by atomic mass is 10.2. The van der Waals surface area contributed by atoms with Gasteiger partial charge >= 0.3 is 0 Å². The summed E-state index contributed by atoms with van der Waals surface area (Å²) in [5, 5.41) is 10.2. The van der Waals surface area contributed by atoms with E-state index in [4.69, 9.17) is 0 Å². The van der Waals surface area contributed by atoms with Crippen molar-refractivity contribution >= 4 is 28.6 Å². The van der Waals surface area contributed by atoms with Crippen LogP contribution >= 0.6 is 22.7 Å². The minimum absolute atomic E-state index is 0.352. The van der Waals surface area contributed by atoms with E-state index >= 15 is 0 Å². The van der Waals surface area contributed by atoms with Crippen LogP contribution < -0.4 is 10.6 Å². The molecular weight excluding hydrogens is 324 g/mol. The van der Waals surface area contributed by atoms with E-state index in [9.17, 15) is 0 Å². The molecule has 1 atom stereocenters. The first kappa shape index (κ1) is 17.9. The largest absolute Gasteiger partial charge is 0.356 e. The normalized spacial score (nSPS) is 13.1. The van der Waals surface area contributed by atoms with Crippen molar-refractivity contribution in [3.05, 3.63) is 38.0 Å². The van der Waals surface area contributed by atoms with Gasteiger partial charge in [0, 0.05) is 47.6 Å². The molecular formula is C17H26N4S2. The molecule has 0 bridgehead atoms. The highest BCUT2D eigenvalue weighted by atomic mass is 32.1. The Bertz CT molecular complexity index is 630. The van der Waals surface area contributed by atoms with Gasteiger partial charge in [0.05, 0.1) is 10.7 Å². The van der Waals surface area contributed by atoms with Gasteiger partial charge in [-0.15, -0.1) is 22.7 Å². The number of aryl methyl sites for hydroxylation is 2. The number of nitrogens with one attached hydrogen (secondary N) is 2. The highest BCUT2D eigenvalue weighted by molar-refractivity contribution is 7.11. The first-order valence-electron chi connectivity index (χ1n) is 8.06. The molecule has 0 aliphatic heterocycles. The summed E-state index contributed by atoms with van der Waals surface area (Å²) in [6.07, 6.45) is 2.96. The third-order valence-corrected chi connectivity index (χ3v) is 5.55. The van der Waals surface area contributed by atoms with Crippen LogP contribution in [0.2, 0.25) is 0 Å². The van der Waals surface area contributed by atoms with Gasteiger partial charge in [-0.05, 0) is 32.4 Å². The highest BCUT2D eigenvalue weighted by Gasteiger charge is 2.08. The minimum atomic E-state index is 0.352. The molecule has 23 heavy (non-hydrogen) atoms. The number of aliphatic imine (C=N–C) groups is 1. The number of rotatable bonds is 7. The Morgan fingerprint density at radius 2 is 2.22 bits per heavy atom. The zero-order chi connectivity index (χ0) is 16.7. The van der Waals surface area contributed by atoms with E-state index in [0.717, 1.165) is 37.5 Å². The van der Waals surface area contributed by atoms with Gasteiger partial charge in [-0.2, -0.15) is 0 Å². The maximum atomic E-state index is 4.59. The SMILES string of the molecule is CCc1nc(CCNC(=NC)NC(C)Cc2ccc(C)s2)cs1. The molecule has 2 aromatic rings. The summed E-state index contributed by atoms with van der Waals surface area (Å²) in [5.41, 5.74) is 1.16. The van der Waals surface area contributed by atoms with E-state index < -0.39 is 0 Å². The van der Waals surface area contributed by atoms with E-state index in [1.54, 1.807) is 11.3 Å². The zero-order valence-electron chi connectivity index (χ0n) is 14.3. The monoisotopic (exact) mass is 350 g/mol. The van der Waals surface area contributed by atoms with Crippen LogP contribution in [0.1, 0.15) is 34.3 Å². The summed E-state index contributed by atoms with van der Waals surface area (Å²) < 4.78 is 0. The van der Waals surface area contributed by atoms with Gasteiger partial charge in [0.2, 0.25) is 0 Å². The van der Waals surface area contributed by atoms with Crippen molar-refractivity contribution in [2.45, 2.75) is 46.1 Å². The van der Waals surface area contributed by atoms with Crippen LogP contribution in [0.5, 0.6) is 0 Å². The van der Waals surface area contributed by atoms with Crippen LogP contribution in [-0.2, 0) is 19.3 Å². The Morgan fingerprint density at radius 3 is 2.83 bits per heavy atom. The minimum Gasteiger partial charge on any atom is -0.356 e. The second kappa shape index (κ2) is 9.03. The first-order valence-corrected chi connectivity index (χ1v) is 9.76. The summed E-state index contributed by atoms with van der Waals surface area (Å²) in [6, 6.07) is 4.74. The van der Waals surface area contributed by atoms with E-state index in [1.807, 2.05) is 18.4 Å². The molecule has 2 N–H and O–H groups in total. The second-order valence-corrected chi connectivity index (χ2v) is 7.91. The number of thiazole rings is 1. The second-order valence-electron chi connectivity index (χ2n) is 5.60. The lowest BCUT2D eigenvalue weighted by Gasteiger charge is -2.17. The van der Waals surface area contributed by atoms with E-state index in [2.05, 4.69) is 58.9 Å². The van der Waals surface area contributed by atoms with E-state index in [1.165, 1.54) is 14.8 Å². The van der Waals surface area contributed by atoms with Crippen LogP contribution in [0, 0.1) is 6.92 Å². The van der Waals surface area contributed by atoms with Crippen molar-refractivity contribution in [1.29, 1.82) is 0 Å². The average Bonchev–Trinajstić information content (AvgIpc) is 3.15. The maximum Gasteiger partial charge on any atom is 0.191 e. The van der Waals surface area contributed by atoms with Gasteiger partial charge in [0.15, 0.2) is 5.96 Å². The number of hydrogen-bond donors (Lipinski definition) is 2. The third kappa shape index (κ3) is 5.95. The van der Waals surface area contributed by atoms with Crippen molar-refractivity contribution in [3.8, 4) is 0 Å². The lowest BCUT2D eigenvalue weighted by molar-refractivity contribution is 0.644. The molecule has 0 aliphatic carbocycles. The average molecular weight is 351 g/mol. The Balaban J connectivity index is 1.74. The van der Waals surface area contributed by atoms with Crippen LogP contribution in [0.15, 0.2) is 22.5 Å². The Hall–Kier alpha value is -1.40. The van der Waals surface area contributed by atoms with E-state index in [-0.39, 0.29) is 0 Å². The quantitative estimate of drug-likeness (QED) is 0.594. The molecule has 0 aromatic carbocycles. The summed E-state index contributed by atoms with van der Waals surface area (Å²) in [5.74, 6) is 0.858. The molecule has 0 fully saturated rings. The van der Waals surface area contributed by atoms with Gasteiger partial charge in [-0.3, -0.25) is 4.99 Å². The molecule has 0 amide bonds. The molecule has 0 spiro atoms. The maximum absolute atomic E-state index is 4.59. The fourth-order valence-electron chi connectivity index (χ4n) is 2.31. The topological polar surface area (TPSA) is 49.3 Å². The van der Waals surface area contributed by atoms with Crippen LogP contribution in [-0.4, -0.2) is 30.6 Å². The summed E-state index contributed by atoms with van der Waals surface area (Å²) in [6.45, 7) is 7.32. The number of guanidine groups is 1. The Morgan fingerprint density at radius 1 is 1.39 bits per heavy atom. The van der Waals surface area contributed by atoms with Gasteiger partial charge in [-0.1, -0.05) is 6.92 Å². The molecule has 0 saturated heterocycles. The molecule has 2 heterocycles. The number of nitrogens with zero attached hydrogens (tertiary/aromatic N) is 2. The van der Waals surface area contributed by atoms with Crippen LogP contribution in [0.4, 0.5) is 0 Å². The number of thiophene rings is 1. The summed E-state index contributed by atoms with van der Waals surface area (Å²) in [7, 11) is 1.81. The fourth-order valence-corrected chi connectivity index (χ4v) is 4.11. The molecule has 126 valence electrons. The molecule has 0 radical (unpaired) electrons. The number of aromatic nitrogens is 1. The predicted molar refractivity (Wildman–Crippen MR) is 102 cm³/mol. The zero-order valence-corrected chi connectivity index (χ0v) is 16.0. The van der Waals surface area contributed by atoms with Gasteiger partial charge in [0.25, 0.3) is 0 Å². The standard InChI is InChI=1S/C17H26N4S2/c1-5-16-21-14(11-22-16)8-9-19-17(18-4)20-12(2)10-15-7-6-13(3)23-15/h6-7,11-12H,5,8-10H2,1-4H3,(H2,18,19,20). The highest BCUT2D eigenvalue weighted by Crippen LogP contribution is 2.16. The van der Waals surface area contributed by atoms with E-state index in [0.29, 0.717) is 6.04 Å². The first-order chi connectivity index (χ1) is 11.1. The molecule has 4 nitrogen and oxygen atoms in total. The Labute approximate surface area is 147 Å². The van der Waals surface area contributed by atoms with Crippen molar-refractivity contribution in [2.24, 2.45) is 4.99 Å². The van der Waals surface area contributed by atoms with Crippen molar-refractivity contribution in [2.75, 3.05) is 13.6 Å². The summed E-state index contributed by atoms with van der Waals surface area (Å²) in [4.78, 5) is 11.7. The smallest absolute Gasteiger partial charge is 0.191 e. The van der Waals surface area contributed by atoms with Crippen LogP contribution in [0.3, 0.4) is 0 Å². The molecule has 0 aliphatic rings. The van der Waals surface area contributed by atoms with Crippen molar-refractivity contribution < 1.29 is 0 Å². The molecule has 0 saturated carbocycles. The predicted octanol–water partition coefficient (Wildman–Crippen LogP) is 3.41. The fraction of sp³-hybridized carbons (Fsp3) is 0.529. The third-order valence-electron chi connectivity index (χ3n) is 3.49. The molecule has 6 heteroatoms. The van der Waals surface area contributed by atoms with Crippen LogP contribution in [0.25, 0.3) is 0 Å². The number of hydrogen-bond acceptors (Lipinski definition) is 4. The Kier molecular flexibility index (Phi) is 7.05. The molecule has 2 aromatic heterocycles. The molecule has 2 rings (SSSR count). The van der Waals surface area contributed by atoms with Crippen molar-refractivity contribution in [1.82, 2.24) is 15.6 Å². The van der Waals surface area contributed by atoms with Gasteiger partial charge < -0.3 is 10.6 Å².